The number of rotatable bonds is 3. The van der Waals surface area contributed by atoms with Crippen LogP contribution in [0.1, 0.15) is 31.7 Å². The van der Waals surface area contributed by atoms with Crippen LogP contribution in [-0.4, -0.2) is 6.36 Å². The molecule has 90 valence electrons. The van der Waals surface area contributed by atoms with E-state index in [4.69, 9.17) is 0 Å². The molecular weight excluding hydrogens is 285 g/mol. The van der Waals surface area contributed by atoms with Gasteiger partial charge in [-0.1, -0.05) is 35.8 Å². The van der Waals surface area contributed by atoms with Gasteiger partial charge in [-0.25, -0.2) is 0 Å². The fourth-order valence-electron chi connectivity index (χ4n) is 1.35. The lowest BCUT2D eigenvalue weighted by molar-refractivity contribution is -0.275. The van der Waals surface area contributed by atoms with E-state index in [1.165, 1.54) is 6.07 Å². The van der Waals surface area contributed by atoms with Crippen molar-refractivity contribution in [2.45, 2.75) is 32.5 Å². The molecule has 1 nitrogen and oxygen atoms in total. The zero-order valence-corrected chi connectivity index (χ0v) is 10.5. The Bertz CT molecular complexity index is 363. The molecule has 1 atom stereocenters. The fourth-order valence-corrected chi connectivity index (χ4v) is 1.69. The lowest BCUT2D eigenvalue weighted by Crippen LogP contribution is -2.18. The molecule has 1 rings (SSSR count). The van der Waals surface area contributed by atoms with E-state index in [-0.39, 0.29) is 11.7 Å². The SMILES string of the molecule is CCC(C)c1ccc(Br)cc1OC(F)(F)F. The van der Waals surface area contributed by atoms with E-state index < -0.39 is 6.36 Å². The molecule has 0 aliphatic carbocycles. The highest BCUT2D eigenvalue weighted by Gasteiger charge is 2.32. The summed E-state index contributed by atoms with van der Waals surface area (Å²) in [4.78, 5) is 0. The lowest BCUT2D eigenvalue weighted by Gasteiger charge is -2.17. The third-order valence-electron chi connectivity index (χ3n) is 2.34. The normalized spacial score (nSPS) is 13.6. The van der Waals surface area contributed by atoms with Gasteiger partial charge in [-0.3, -0.25) is 0 Å². The first-order valence-electron chi connectivity index (χ1n) is 4.88. The number of ether oxygens (including phenoxy) is 1. The van der Waals surface area contributed by atoms with Gasteiger partial charge in [-0.2, -0.15) is 0 Å². The van der Waals surface area contributed by atoms with Crippen molar-refractivity contribution in [1.82, 2.24) is 0 Å². The van der Waals surface area contributed by atoms with Crippen molar-refractivity contribution in [2.75, 3.05) is 0 Å². The molecule has 0 amide bonds. The molecular formula is C11H12BrF3O. The molecule has 0 saturated carbocycles. The summed E-state index contributed by atoms with van der Waals surface area (Å²) in [6, 6.07) is 4.71. The van der Waals surface area contributed by atoms with Crippen molar-refractivity contribution in [3.8, 4) is 5.75 Å². The second-order valence-electron chi connectivity index (χ2n) is 3.54. The van der Waals surface area contributed by atoms with Crippen LogP contribution >= 0.6 is 15.9 Å². The Balaban J connectivity index is 3.08. The van der Waals surface area contributed by atoms with Crippen molar-refractivity contribution >= 4 is 15.9 Å². The third-order valence-corrected chi connectivity index (χ3v) is 2.84. The summed E-state index contributed by atoms with van der Waals surface area (Å²) in [5.41, 5.74) is 0.572. The zero-order chi connectivity index (χ0) is 12.3. The minimum Gasteiger partial charge on any atom is -0.405 e. The molecule has 0 N–H and O–H groups in total. The van der Waals surface area contributed by atoms with E-state index in [0.717, 1.165) is 6.42 Å². The Labute approximate surface area is 101 Å². The maximum atomic E-state index is 12.2. The summed E-state index contributed by atoms with van der Waals surface area (Å²) in [5, 5.41) is 0. The number of halogens is 4. The molecule has 1 aromatic carbocycles. The number of alkyl halides is 3. The second-order valence-corrected chi connectivity index (χ2v) is 4.45. The smallest absolute Gasteiger partial charge is 0.405 e. The predicted molar refractivity (Wildman–Crippen MR) is 59.5 cm³/mol. The molecule has 0 fully saturated rings. The first-order valence-corrected chi connectivity index (χ1v) is 5.68. The topological polar surface area (TPSA) is 9.23 Å². The quantitative estimate of drug-likeness (QED) is 0.774. The maximum Gasteiger partial charge on any atom is 0.573 e. The molecule has 0 aromatic heterocycles. The predicted octanol–water partition coefficient (Wildman–Crippen LogP) is 4.86. The van der Waals surface area contributed by atoms with Gasteiger partial charge < -0.3 is 4.74 Å². The third kappa shape index (κ3) is 3.70. The highest BCUT2D eigenvalue weighted by molar-refractivity contribution is 9.10. The van der Waals surface area contributed by atoms with Crippen molar-refractivity contribution in [2.24, 2.45) is 0 Å². The first-order chi connectivity index (χ1) is 7.33. The van der Waals surface area contributed by atoms with Gasteiger partial charge in [0.15, 0.2) is 0 Å². The van der Waals surface area contributed by atoms with E-state index in [1.54, 1.807) is 12.1 Å². The summed E-state index contributed by atoms with van der Waals surface area (Å²) in [5.74, 6) is -0.0957. The maximum absolute atomic E-state index is 12.2. The van der Waals surface area contributed by atoms with E-state index in [2.05, 4.69) is 20.7 Å². The van der Waals surface area contributed by atoms with E-state index >= 15 is 0 Å². The summed E-state index contributed by atoms with van der Waals surface area (Å²) >= 11 is 3.13. The van der Waals surface area contributed by atoms with Gasteiger partial charge in [0.2, 0.25) is 0 Å². The van der Waals surface area contributed by atoms with Crippen LogP contribution in [0.15, 0.2) is 22.7 Å². The fraction of sp³-hybridized carbons (Fsp3) is 0.455. The van der Waals surface area contributed by atoms with Crippen LogP contribution in [0.3, 0.4) is 0 Å². The molecule has 16 heavy (non-hydrogen) atoms. The van der Waals surface area contributed by atoms with Crippen molar-refractivity contribution < 1.29 is 17.9 Å². The van der Waals surface area contributed by atoms with Crippen LogP contribution in [-0.2, 0) is 0 Å². The minimum absolute atomic E-state index is 0.0328. The second kappa shape index (κ2) is 5.08. The van der Waals surface area contributed by atoms with E-state index in [1.807, 2.05) is 13.8 Å². The molecule has 0 saturated heterocycles. The average molecular weight is 297 g/mol. The molecule has 0 heterocycles. The minimum atomic E-state index is -4.65. The van der Waals surface area contributed by atoms with Crippen LogP contribution in [0.4, 0.5) is 13.2 Å². The Hall–Kier alpha value is -0.710. The molecule has 0 spiro atoms. The van der Waals surface area contributed by atoms with Crippen LogP contribution in [0.2, 0.25) is 0 Å². The van der Waals surface area contributed by atoms with Crippen LogP contribution in [0, 0.1) is 0 Å². The monoisotopic (exact) mass is 296 g/mol. The Morgan fingerprint density at radius 3 is 2.50 bits per heavy atom. The van der Waals surface area contributed by atoms with Gasteiger partial charge in [-0.15, -0.1) is 13.2 Å². The Morgan fingerprint density at radius 1 is 1.38 bits per heavy atom. The lowest BCUT2D eigenvalue weighted by atomic mass is 9.98. The highest BCUT2D eigenvalue weighted by Crippen LogP contribution is 2.34. The van der Waals surface area contributed by atoms with Crippen molar-refractivity contribution in [3.63, 3.8) is 0 Å². The number of benzene rings is 1. The molecule has 1 unspecified atom stereocenters. The average Bonchev–Trinajstić information content (AvgIpc) is 2.14. The van der Waals surface area contributed by atoms with Gasteiger partial charge in [-0.05, 0) is 30.0 Å². The Kier molecular flexibility index (Phi) is 4.24. The van der Waals surface area contributed by atoms with Crippen molar-refractivity contribution in [1.29, 1.82) is 0 Å². The van der Waals surface area contributed by atoms with Crippen LogP contribution in [0.25, 0.3) is 0 Å². The van der Waals surface area contributed by atoms with Crippen molar-refractivity contribution in [3.05, 3.63) is 28.2 Å². The molecule has 0 radical (unpaired) electrons. The molecule has 0 aliphatic rings. The number of hydrogen-bond donors (Lipinski definition) is 0. The highest BCUT2D eigenvalue weighted by atomic mass is 79.9. The van der Waals surface area contributed by atoms with Gasteiger partial charge in [0, 0.05) is 4.47 Å². The summed E-state index contributed by atoms with van der Waals surface area (Å²) in [7, 11) is 0. The summed E-state index contributed by atoms with van der Waals surface area (Å²) < 4.78 is 41.1. The van der Waals surface area contributed by atoms with Gasteiger partial charge in [0.05, 0.1) is 0 Å². The molecule has 1 aromatic rings. The summed E-state index contributed by atoms with van der Waals surface area (Å²) in [6.45, 7) is 3.79. The van der Waals surface area contributed by atoms with E-state index in [9.17, 15) is 13.2 Å². The summed E-state index contributed by atoms with van der Waals surface area (Å²) in [6.07, 6.45) is -3.89. The Morgan fingerprint density at radius 2 is 2.00 bits per heavy atom. The van der Waals surface area contributed by atoms with Gasteiger partial charge >= 0.3 is 6.36 Å². The molecule has 5 heteroatoms. The molecule has 0 aliphatic heterocycles. The van der Waals surface area contributed by atoms with Crippen LogP contribution < -0.4 is 4.74 Å². The van der Waals surface area contributed by atoms with E-state index in [0.29, 0.717) is 10.0 Å². The standard InChI is InChI=1S/C11H12BrF3O/c1-3-7(2)9-5-4-8(12)6-10(9)16-11(13,14)15/h4-7H,3H2,1-2H3. The molecule has 0 bridgehead atoms. The first kappa shape index (κ1) is 13.4. The zero-order valence-electron chi connectivity index (χ0n) is 8.94. The van der Waals surface area contributed by atoms with Gasteiger partial charge in [0.1, 0.15) is 5.75 Å². The van der Waals surface area contributed by atoms with Gasteiger partial charge in [0.25, 0.3) is 0 Å². The van der Waals surface area contributed by atoms with Crippen LogP contribution in [0.5, 0.6) is 5.75 Å². The largest absolute Gasteiger partial charge is 0.573 e. The number of hydrogen-bond acceptors (Lipinski definition) is 1.